The van der Waals surface area contributed by atoms with Crippen molar-refractivity contribution in [3.63, 3.8) is 0 Å². The molecule has 1 aliphatic rings. The van der Waals surface area contributed by atoms with Gasteiger partial charge in [0.2, 0.25) is 0 Å². The summed E-state index contributed by atoms with van der Waals surface area (Å²) in [5, 5.41) is 11.4. The van der Waals surface area contributed by atoms with E-state index in [1.165, 1.54) is 17.7 Å². The van der Waals surface area contributed by atoms with Gasteiger partial charge in [0.25, 0.3) is 0 Å². The minimum atomic E-state index is -0.968. The Bertz CT molecular complexity index is 239. The fraction of sp³-hybridized carbons (Fsp3) is 0.800. The molecule has 2 amide bonds. The molecule has 0 aromatic rings. The summed E-state index contributed by atoms with van der Waals surface area (Å²) in [6.07, 6.45) is 3.12. The average Bonchev–Trinajstić information content (AvgIpc) is 2.96. The molecule has 5 heteroatoms. The van der Waals surface area contributed by atoms with Gasteiger partial charge in [-0.25, -0.2) is 4.79 Å². The quantitative estimate of drug-likeness (QED) is 0.690. The van der Waals surface area contributed by atoms with Crippen molar-refractivity contribution in [1.29, 1.82) is 0 Å². The molecule has 0 aromatic heterocycles. The number of nitrogens with one attached hydrogen (secondary N) is 1. The molecule has 0 spiro atoms. The van der Waals surface area contributed by atoms with Crippen LogP contribution in [0.5, 0.6) is 0 Å². The van der Waals surface area contributed by atoms with E-state index in [1.54, 1.807) is 0 Å². The summed E-state index contributed by atoms with van der Waals surface area (Å²) in [7, 11) is 0. The number of hydrogen-bond acceptors (Lipinski definition) is 2. The highest BCUT2D eigenvalue weighted by molar-refractivity contribution is 5.80. The lowest BCUT2D eigenvalue weighted by molar-refractivity contribution is -0.137. The Kier molecular flexibility index (Phi) is 4.39. The second-order valence-electron chi connectivity index (χ2n) is 3.94. The van der Waals surface area contributed by atoms with Gasteiger partial charge in [-0.3, -0.25) is 4.79 Å². The Morgan fingerprint density at radius 3 is 2.60 bits per heavy atom. The normalized spacial score (nSPS) is 14.7. The monoisotopic (exact) mass is 214 g/mol. The van der Waals surface area contributed by atoms with Crippen LogP contribution in [0.1, 0.15) is 26.2 Å². The van der Waals surface area contributed by atoms with Gasteiger partial charge in [-0.2, -0.15) is 0 Å². The third-order valence-corrected chi connectivity index (χ3v) is 2.35. The van der Waals surface area contributed by atoms with Crippen molar-refractivity contribution in [1.82, 2.24) is 10.2 Å². The maximum Gasteiger partial charge on any atom is 0.323 e. The lowest BCUT2D eigenvalue weighted by Crippen LogP contribution is -2.43. The summed E-state index contributed by atoms with van der Waals surface area (Å²) in [5.41, 5.74) is 0. The van der Waals surface area contributed by atoms with E-state index >= 15 is 0 Å². The first-order chi connectivity index (χ1) is 7.13. The van der Waals surface area contributed by atoms with Gasteiger partial charge in [-0.15, -0.1) is 0 Å². The standard InChI is InChI=1S/C10H18N2O3/c1-2-5-12(7-9(13)14)10(15)11-6-8-3-4-8/h8H,2-7H2,1H3,(H,11,15)(H,13,14). The third-order valence-electron chi connectivity index (χ3n) is 2.35. The van der Waals surface area contributed by atoms with E-state index in [1.807, 2.05) is 6.92 Å². The first-order valence-electron chi connectivity index (χ1n) is 5.38. The molecule has 1 aliphatic carbocycles. The average molecular weight is 214 g/mol. The molecule has 1 fully saturated rings. The maximum atomic E-state index is 11.6. The van der Waals surface area contributed by atoms with Crippen molar-refractivity contribution < 1.29 is 14.7 Å². The van der Waals surface area contributed by atoms with E-state index in [0.29, 0.717) is 19.0 Å². The fourth-order valence-corrected chi connectivity index (χ4v) is 1.35. The predicted molar refractivity (Wildman–Crippen MR) is 55.6 cm³/mol. The largest absolute Gasteiger partial charge is 0.480 e. The van der Waals surface area contributed by atoms with Crippen LogP contribution in [-0.2, 0) is 4.79 Å². The van der Waals surface area contributed by atoms with Gasteiger partial charge >= 0.3 is 12.0 Å². The molecule has 0 heterocycles. The maximum absolute atomic E-state index is 11.6. The molecular weight excluding hydrogens is 196 g/mol. The Balaban J connectivity index is 2.30. The van der Waals surface area contributed by atoms with Crippen LogP contribution in [0.25, 0.3) is 0 Å². The molecule has 0 bridgehead atoms. The number of carboxylic acid groups (broad SMARTS) is 1. The molecule has 0 aliphatic heterocycles. The zero-order valence-corrected chi connectivity index (χ0v) is 9.03. The number of aliphatic carboxylic acids is 1. The number of urea groups is 1. The molecule has 15 heavy (non-hydrogen) atoms. The van der Waals surface area contributed by atoms with Gasteiger partial charge < -0.3 is 15.3 Å². The van der Waals surface area contributed by atoms with Crippen LogP contribution in [0.3, 0.4) is 0 Å². The molecule has 1 saturated carbocycles. The van der Waals surface area contributed by atoms with E-state index in [9.17, 15) is 9.59 Å². The van der Waals surface area contributed by atoms with Crippen molar-refractivity contribution in [2.45, 2.75) is 26.2 Å². The molecule has 86 valence electrons. The number of nitrogens with zero attached hydrogens (tertiary/aromatic N) is 1. The number of carbonyl (C=O) groups excluding carboxylic acids is 1. The van der Waals surface area contributed by atoms with E-state index in [4.69, 9.17) is 5.11 Å². The topological polar surface area (TPSA) is 69.6 Å². The Labute approximate surface area is 89.4 Å². The number of rotatable bonds is 6. The molecule has 0 radical (unpaired) electrons. The first-order valence-corrected chi connectivity index (χ1v) is 5.38. The summed E-state index contributed by atoms with van der Waals surface area (Å²) in [6.45, 7) is 2.87. The highest BCUT2D eigenvalue weighted by atomic mass is 16.4. The van der Waals surface area contributed by atoms with Gasteiger partial charge in [-0.1, -0.05) is 6.92 Å². The molecule has 0 unspecified atom stereocenters. The zero-order chi connectivity index (χ0) is 11.3. The summed E-state index contributed by atoms with van der Waals surface area (Å²) >= 11 is 0. The van der Waals surface area contributed by atoms with Crippen LogP contribution in [-0.4, -0.2) is 41.6 Å². The minimum absolute atomic E-state index is 0.218. The van der Waals surface area contributed by atoms with Crippen molar-refractivity contribution in [2.24, 2.45) is 5.92 Å². The molecule has 0 atom stereocenters. The molecule has 0 aromatic carbocycles. The van der Waals surface area contributed by atoms with E-state index < -0.39 is 5.97 Å². The zero-order valence-electron chi connectivity index (χ0n) is 9.03. The Hall–Kier alpha value is -1.26. The highest BCUT2D eigenvalue weighted by Crippen LogP contribution is 2.27. The SMILES string of the molecule is CCCN(CC(=O)O)C(=O)NCC1CC1. The third kappa shape index (κ3) is 4.67. The van der Waals surface area contributed by atoms with E-state index in [2.05, 4.69) is 5.32 Å². The molecule has 0 saturated heterocycles. The van der Waals surface area contributed by atoms with Crippen molar-refractivity contribution in [3.8, 4) is 0 Å². The molecule has 1 rings (SSSR count). The van der Waals surface area contributed by atoms with Gasteiger partial charge in [0, 0.05) is 13.1 Å². The second kappa shape index (κ2) is 5.58. The summed E-state index contributed by atoms with van der Waals surface area (Å²) in [4.78, 5) is 23.4. The van der Waals surface area contributed by atoms with Crippen molar-refractivity contribution in [2.75, 3.05) is 19.6 Å². The van der Waals surface area contributed by atoms with Gasteiger partial charge in [0.15, 0.2) is 0 Å². The lowest BCUT2D eigenvalue weighted by atomic mass is 10.4. The minimum Gasteiger partial charge on any atom is -0.480 e. The number of hydrogen-bond donors (Lipinski definition) is 2. The van der Waals surface area contributed by atoms with Gasteiger partial charge in [-0.05, 0) is 25.2 Å². The van der Waals surface area contributed by atoms with Gasteiger partial charge in [0.1, 0.15) is 6.54 Å². The Morgan fingerprint density at radius 1 is 1.47 bits per heavy atom. The van der Waals surface area contributed by atoms with Gasteiger partial charge in [0.05, 0.1) is 0 Å². The summed E-state index contributed by atoms with van der Waals surface area (Å²) in [6, 6.07) is -0.258. The van der Waals surface area contributed by atoms with Crippen molar-refractivity contribution in [3.05, 3.63) is 0 Å². The summed E-state index contributed by atoms with van der Waals surface area (Å²) < 4.78 is 0. The first kappa shape index (κ1) is 11.8. The highest BCUT2D eigenvalue weighted by Gasteiger charge is 2.23. The van der Waals surface area contributed by atoms with Crippen LogP contribution < -0.4 is 5.32 Å². The second-order valence-corrected chi connectivity index (χ2v) is 3.94. The molecule has 2 N–H and O–H groups in total. The van der Waals surface area contributed by atoms with Crippen LogP contribution in [0.2, 0.25) is 0 Å². The van der Waals surface area contributed by atoms with E-state index in [-0.39, 0.29) is 12.6 Å². The molecular formula is C10H18N2O3. The van der Waals surface area contributed by atoms with Crippen LogP contribution in [0, 0.1) is 5.92 Å². The Morgan fingerprint density at radius 2 is 2.13 bits per heavy atom. The van der Waals surface area contributed by atoms with Crippen LogP contribution in [0.15, 0.2) is 0 Å². The van der Waals surface area contributed by atoms with E-state index in [0.717, 1.165) is 6.42 Å². The lowest BCUT2D eigenvalue weighted by Gasteiger charge is -2.20. The summed E-state index contributed by atoms with van der Waals surface area (Å²) in [5.74, 6) is -0.354. The number of carbonyl (C=O) groups is 2. The van der Waals surface area contributed by atoms with Crippen LogP contribution >= 0.6 is 0 Å². The number of amides is 2. The molecule has 5 nitrogen and oxygen atoms in total. The fourth-order valence-electron chi connectivity index (χ4n) is 1.35. The number of carboxylic acids is 1. The predicted octanol–water partition coefficient (Wildman–Crippen LogP) is 0.903. The van der Waals surface area contributed by atoms with Crippen LogP contribution in [0.4, 0.5) is 4.79 Å². The smallest absolute Gasteiger partial charge is 0.323 e. The van der Waals surface area contributed by atoms with Crippen molar-refractivity contribution >= 4 is 12.0 Å².